The van der Waals surface area contributed by atoms with E-state index in [9.17, 15) is 25.9 Å². The van der Waals surface area contributed by atoms with Crippen LogP contribution < -0.4 is 16.4 Å². The normalized spacial score (nSPS) is 19.4. The molecular formula is C44H55N4O6S2+. The fourth-order valence-electron chi connectivity index (χ4n) is 8.59. The molecule has 0 bridgehead atoms. The second kappa shape index (κ2) is 16.2. The third-order valence-electron chi connectivity index (χ3n) is 11.5. The number of fused-ring (bicyclic) bond motifs is 2. The van der Waals surface area contributed by atoms with Gasteiger partial charge in [0, 0.05) is 47.5 Å². The topological polar surface area (TPSA) is 167 Å². The van der Waals surface area contributed by atoms with E-state index in [1.54, 1.807) is 0 Å². The van der Waals surface area contributed by atoms with Crippen molar-refractivity contribution in [1.29, 1.82) is 0 Å². The molecule has 3 aromatic rings. The number of para-hydroxylation sites is 2. The summed E-state index contributed by atoms with van der Waals surface area (Å²) < 4.78 is 66.8. The van der Waals surface area contributed by atoms with Crippen LogP contribution in [0.2, 0.25) is 0 Å². The fraction of sp³-hybridized carbons (Fsp3) is 0.386. The highest BCUT2D eigenvalue weighted by Gasteiger charge is 2.44. The van der Waals surface area contributed by atoms with Gasteiger partial charge in [-0.15, -0.1) is 0 Å². The SMILES string of the molecule is CC1(C)C(/C=C/C2=C(c3ccc(N)c(N)c3)C(=C/C=C3/N(CCCCS(=O)(=O)O)c4ccccc4C3(C)C)/CCC2)=[N+](CCCCS(=O)(=O)O)c2ccccc21. The van der Waals surface area contributed by atoms with Crippen molar-refractivity contribution in [3.05, 3.63) is 125 Å². The van der Waals surface area contributed by atoms with Gasteiger partial charge in [-0.05, 0) is 104 Å². The standard InChI is InChI=1S/C44H54N4O6S2/c1-43(2)34-16-5-7-18-38(34)47(26-9-11-28-55(49,50)51)40(43)24-21-31-14-13-15-32(42(31)33-20-23-36(45)37(46)30-33)22-25-41-44(3,4)35-17-6-8-19-39(35)48(41)27-10-12-29-56(52,53)54/h5-8,16-25,30,45H,9-15,26-29,46H2,1-4H3,(H2,49,50,51,52,53,54)/p+1/b31-21+,40-24+. The maximum absolute atomic E-state index is 11.5. The van der Waals surface area contributed by atoms with Gasteiger partial charge in [-0.3, -0.25) is 9.11 Å². The molecule has 6 rings (SSSR count). The molecule has 56 heavy (non-hydrogen) atoms. The maximum atomic E-state index is 11.5. The molecule has 0 saturated carbocycles. The zero-order valence-electron chi connectivity index (χ0n) is 32.8. The smallest absolute Gasteiger partial charge is 0.264 e. The molecule has 0 fully saturated rings. The Morgan fingerprint density at radius 3 is 2.11 bits per heavy atom. The highest BCUT2D eigenvalue weighted by Crippen LogP contribution is 2.48. The summed E-state index contributed by atoms with van der Waals surface area (Å²) in [6.07, 6.45) is 13.5. The van der Waals surface area contributed by atoms with Crippen LogP contribution in [0.1, 0.15) is 89.3 Å². The van der Waals surface area contributed by atoms with Gasteiger partial charge in [-0.25, -0.2) is 0 Å². The lowest BCUT2D eigenvalue weighted by Gasteiger charge is -2.28. The highest BCUT2D eigenvalue weighted by atomic mass is 32.2. The van der Waals surface area contributed by atoms with Gasteiger partial charge >= 0.3 is 0 Å². The van der Waals surface area contributed by atoms with Crippen LogP contribution in [0.25, 0.3) is 5.57 Å². The molecule has 3 aliphatic rings. The molecule has 2 aliphatic heterocycles. The first-order chi connectivity index (χ1) is 26.4. The van der Waals surface area contributed by atoms with Crippen molar-refractivity contribution < 1.29 is 30.5 Å². The van der Waals surface area contributed by atoms with Crippen molar-refractivity contribution in [3.63, 3.8) is 0 Å². The summed E-state index contributed by atoms with van der Waals surface area (Å²) >= 11 is 0. The maximum Gasteiger partial charge on any atom is 0.264 e. The predicted molar refractivity (Wildman–Crippen MR) is 229 cm³/mol. The minimum Gasteiger partial charge on any atom is -0.397 e. The monoisotopic (exact) mass is 799 g/mol. The van der Waals surface area contributed by atoms with Crippen LogP contribution in [0.3, 0.4) is 0 Å². The Bertz CT molecular complexity index is 2390. The van der Waals surface area contributed by atoms with E-state index in [1.165, 1.54) is 22.3 Å². The number of rotatable bonds is 14. The second-order valence-electron chi connectivity index (χ2n) is 16.1. The van der Waals surface area contributed by atoms with Gasteiger partial charge in [0.25, 0.3) is 20.2 Å². The van der Waals surface area contributed by atoms with Crippen molar-refractivity contribution in [2.24, 2.45) is 0 Å². The highest BCUT2D eigenvalue weighted by molar-refractivity contribution is 7.86. The van der Waals surface area contributed by atoms with Crippen LogP contribution in [0.5, 0.6) is 0 Å². The van der Waals surface area contributed by atoms with Gasteiger partial charge in [0.15, 0.2) is 5.71 Å². The number of nitrogens with zero attached hydrogens (tertiary/aromatic N) is 2. The van der Waals surface area contributed by atoms with E-state index >= 15 is 0 Å². The van der Waals surface area contributed by atoms with Gasteiger partial charge in [-0.1, -0.05) is 68.5 Å². The largest absolute Gasteiger partial charge is 0.397 e. The second-order valence-corrected chi connectivity index (χ2v) is 19.3. The lowest BCUT2D eigenvalue weighted by atomic mass is 9.79. The molecular weight excluding hydrogens is 745 g/mol. The van der Waals surface area contributed by atoms with Gasteiger partial charge in [0.1, 0.15) is 6.54 Å². The average Bonchev–Trinajstić information content (AvgIpc) is 3.48. The average molecular weight is 800 g/mol. The summed E-state index contributed by atoms with van der Waals surface area (Å²) in [7, 11) is -8.06. The molecule has 0 spiro atoms. The first kappa shape index (κ1) is 41.2. The number of nitrogen functional groups attached to an aromatic ring is 2. The zero-order chi connectivity index (χ0) is 40.5. The van der Waals surface area contributed by atoms with Crippen LogP contribution in [0, 0.1) is 0 Å². The van der Waals surface area contributed by atoms with E-state index in [-0.39, 0.29) is 22.3 Å². The Balaban J connectivity index is 1.43. The van der Waals surface area contributed by atoms with Gasteiger partial charge in [-0.2, -0.15) is 21.4 Å². The van der Waals surface area contributed by atoms with E-state index < -0.39 is 20.2 Å². The summed E-state index contributed by atoms with van der Waals surface area (Å²) in [4.78, 5) is 2.28. The Morgan fingerprint density at radius 1 is 0.750 bits per heavy atom. The Morgan fingerprint density at radius 2 is 1.41 bits per heavy atom. The van der Waals surface area contributed by atoms with E-state index in [1.807, 2.05) is 42.5 Å². The molecule has 10 nitrogen and oxygen atoms in total. The van der Waals surface area contributed by atoms with E-state index in [0.717, 1.165) is 53.2 Å². The molecule has 0 aromatic heterocycles. The fourth-order valence-corrected chi connectivity index (χ4v) is 9.73. The molecule has 2 heterocycles. The zero-order valence-corrected chi connectivity index (χ0v) is 34.5. The number of benzene rings is 3. The van der Waals surface area contributed by atoms with Crippen molar-refractivity contribution in [2.75, 3.05) is 41.0 Å². The van der Waals surface area contributed by atoms with Crippen LogP contribution >= 0.6 is 0 Å². The Hall–Kier alpha value is -4.49. The molecule has 0 atom stereocenters. The molecule has 1 aliphatic carbocycles. The van der Waals surface area contributed by atoms with Crippen molar-refractivity contribution in [3.8, 4) is 0 Å². The number of hydrogen-bond acceptors (Lipinski definition) is 7. The number of unbranched alkanes of at least 4 members (excludes halogenated alkanes) is 2. The lowest BCUT2D eigenvalue weighted by molar-refractivity contribution is -0.438. The molecule has 0 radical (unpaired) electrons. The van der Waals surface area contributed by atoms with Crippen LogP contribution in [0.15, 0.2) is 108 Å². The summed E-state index contributed by atoms with van der Waals surface area (Å²) in [6.45, 7) is 10.1. The first-order valence-electron chi connectivity index (χ1n) is 19.4. The third-order valence-corrected chi connectivity index (χ3v) is 13.1. The molecule has 0 saturated heterocycles. The number of hydrogen-bond donors (Lipinski definition) is 4. The predicted octanol–water partition coefficient (Wildman–Crippen LogP) is 8.37. The molecule has 0 unspecified atom stereocenters. The Kier molecular flexibility index (Phi) is 11.9. The molecule has 6 N–H and O–H groups in total. The summed E-state index contributed by atoms with van der Waals surface area (Å²) in [5, 5.41) is 0. The van der Waals surface area contributed by atoms with Gasteiger partial charge in [0.05, 0.1) is 28.3 Å². The number of anilines is 3. The summed E-state index contributed by atoms with van der Waals surface area (Å²) in [5.74, 6) is -0.531. The van der Waals surface area contributed by atoms with Gasteiger partial charge in [0.2, 0.25) is 5.69 Å². The van der Waals surface area contributed by atoms with E-state index in [2.05, 4.69) is 85.7 Å². The Labute approximate surface area is 332 Å². The van der Waals surface area contributed by atoms with Crippen LogP contribution in [0.4, 0.5) is 22.7 Å². The minimum absolute atomic E-state index is 0.266. The molecule has 12 heteroatoms. The molecule has 0 amide bonds. The quantitative estimate of drug-likeness (QED) is 0.0542. The third kappa shape index (κ3) is 8.89. The minimum atomic E-state index is -4.03. The van der Waals surface area contributed by atoms with Crippen LogP contribution in [-0.2, 0) is 31.1 Å². The molecule has 3 aromatic carbocycles. The lowest BCUT2D eigenvalue weighted by Crippen LogP contribution is -2.28. The summed E-state index contributed by atoms with van der Waals surface area (Å²) in [5.41, 5.74) is 24.3. The van der Waals surface area contributed by atoms with Gasteiger partial charge < -0.3 is 16.4 Å². The number of nitrogens with two attached hydrogens (primary N) is 2. The number of allylic oxidation sites excluding steroid dienone is 8. The van der Waals surface area contributed by atoms with E-state index in [4.69, 9.17) is 11.5 Å². The van der Waals surface area contributed by atoms with Crippen molar-refractivity contribution >= 4 is 54.3 Å². The van der Waals surface area contributed by atoms with Crippen molar-refractivity contribution in [2.45, 2.75) is 83.5 Å². The molecule has 298 valence electrons. The van der Waals surface area contributed by atoms with Crippen LogP contribution in [-0.4, -0.2) is 60.8 Å². The van der Waals surface area contributed by atoms with E-state index in [0.29, 0.717) is 50.1 Å². The summed E-state index contributed by atoms with van der Waals surface area (Å²) in [6, 6.07) is 22.5. The van der Waals surface area contributed by atoms with Crippen molar-refractivity contribution in [1.82, 2.24) is 0 Å². The first-order valence-corrected chi connectivity index (χ1v) is 22.6.